The van der Waals surface area contributed by atoms with Crippen LogP contribution in [0.5, 0.6) is 5.75 Å². The van der Waals surface area contributed by atoms with E-state index in [0.29, 0.717) is 30.5 Å². The number of nitrogens with zero attached hydrogens (tertiary/aromatic N) is 2. The van der Waals surface area contributed by atoms with Gasteiger partial charge in [-0.05, 0) is 62.5 Å². The molecule has 20 heavy (non-hydrogen) atoms. The molecule has 0 saturated heterocycles. The van der Waals surface area contributed by atoms with Crippen molar-refractivity contribution in [1.82, 2.24) is 10.2 Å². The van der Waals surface area contributed by atoms with Crippen molar-refractivity contribution in [3.8, 4) is 5.75 Å². The van der Waals surface area contributed by atoms with Crippen molar-refractivity contribution in [2.24, 2.45) is 5.73 Å². The number of halogens is 2. The van der Waals surface area contributed by atoms with E-state index in [1.807, 2.05) is 19.1 Å². The van der Waals surface area contributed by atoms with Gasteiger partial charge in [0.15, 0.2) is 6.61 Å². The Hall–Kier alpha value is -0.920. The van der Waals surface area contributed by atoms with Crippen molar-refractivity contribution >= 4 is 31.9 Å². The smallest absolute Gasteiger partial charge is 0.253 e. The van der Waals surface area contributed by atoms with E-state index in [4.69, 9.17) is 14.9 Å². The highest BCUT2D eigenvalue weighted by atomic mass is 79.9. The molecule has 7 heteroatoms. The molecule has 0 amide bonds. The van der Waals surface area contributed by atoms with E-state index in [-0.39, 0.29) is 6.61 Å². The van der Waals surface area contributed by atoms with Gasteiger partial charge >= 0.3 is 0 Å². The largest absolute Gasteiger partial charge is 0.481 e. The number of hydrogen-bond acceptors (Lipinski definition) is 5. The van der Waals surface area contributed by atoms with Crippen molar-refractivity contribution in [3.05, 3.63) is 38.4 Å². The van der Waals surface area contributed by atoms with E-state index in [1.165, 1.54) is 0 Å². The zero-order valence-electron chi connectivity index (χ0n) is 11.0. The van der Waals surface area contributed by atoms with Crippen LogP contribution in [-0.2, 0) is 19.4 Å². The first-order valence-corrected chi connectivity index (χ1v) is 7.84. The van der Waals surface area contributed by atoms with Crippen LogP contribution in [0.2, 0.25) is 0 Å². The van der Waals surface area contributed by atoms with E-state index in [9.17, 15) is 0 Å². The molecular weight excluding hydrogens is 390 g/mol. The molecule has 0 unspecified atom stereocenters. The first kappa shape index (κ1) is 15.5. The van der Waals surface area contributed by atoms with Crippen molar-refractivity contribution < 1.29 is 9.15 Å². The minimum atomic E-state index is 0.237. The van der Waals surface area contributed by atoms with Crippen LogP contribution >= 0.6 is 31.9 Å². The van der Waals surface area contributed by atoms with Crippen molar-refractivity contribution in [2.75, 3.05) is 6.54 Å². The van der Waals surface area contributed by atoms with Crippen LogP contribution in [0, 0.1) is 0 Å². The highest BCUT2D eigenvalue weighted by Crippen LogP contribution is 2.35. The Morgan fingerprint density at radius 1 is 1.20 bits per heavy atom. The maximum Gasteiger partial charge on any atom is 0.253 e. The fourth-order valence-electron chi connectivity index (χ4n) is 1.68. The lowest BCUT2D eigenvalue weighted by Gasteiger charge is -2.10. The number of benzene rings is 1. The van der Waals surface area contributed by atoms with Crippen LogP contribution in [0.1, 0.15) is 24.3 Å². The van der Waals surface area contributed by atoms with Crippen LogP contribution in [0.3, 0.4) is 0 Å². The SMILES string of the molecule is CCc1nnc(COc2c(Br)cc(CCN)cc2Br)o1. The summed E-state index contributed by atoms with van der Waals surface area (Å²) in [5.74, 6) is 1.79. The highest BCUT2D eigenvalue weighted by Gasteiger charge is 2.11. The lowest BCUT2D eigenvalue weighted by Crippen LogP contribution is -2.03. The molecular formula is C13H15Br2N3O2. The number of nitrogens with two attached hydrogens (primary N) is 1. The van der Waals surface area contributed by atoms with Crippen molar-refractivity contribution in [3.63, 3.8) is 0 Å². The quantitative estimate of drug-likeness (QED) is 0.799. The molecule has 0 aliphatic heterocycles. The van der Waals surface area contributed by atoms with Gasteiger partial charge in [0.25, 0.3) is 5.89 Å². The van der Waals surface area contributed by atoms with Gasteiger partial charge in [-0.1, -0.05) is 6.92 Å². The Morgan fingerprint density at radius 2 is 1.85 bits per heavy atom. The van der Waals surface area contributed by atoms with Crippen molar-refractivity contribution in [2.45, 2.75) is 26.4 Å². The van der Waals surface area contributed by atoms with E-state index >= 15 is 0 Å². The second kappa shape index (κ2) is 7.19. The molecule has 2 rings (SSSR count). The normalized spacial score (nSPS) is 10.8. The minimum Gasteiger partial charge on any atom is -0.481 e. The second-order valence-electron chi connectivity index (χ2n) is 4.16. The van der Waals surface area contributed by atoms with Crippen LogP contribution in [0.4, 0.5) is 0 Å². The molecule has 2 aromatic rings. The number of aromatic nitrogens is 2. The fourth-order valence-corrected chi connectivity index (χ4v) is 3.19. The Morgan fingerprint density at radius 3 is 2.40 bits per heavy atom. The van der Waals surface area contributed by atoms with Gasteiger partial charge in [0.1, 0.15) is 5.75 Å². The Balaban J connectivity index is 2.09. The third-order valence-electron chi connectivity index (χ3n) is 2.64. The summed E-state index contributed by atoms with van der Waals surface area (Å²) in [7, 11) is 0. The Kier molecular flexibility index (Phi) is 5.56. The van der Waals surface area contributed by atoms with E-state index in [1.54, 1.807) is 0 Å². The maximum absolute atomic E-state index is 5.72. The fraction of sp³-hybridized carbons (Fsp3) is 0.385. The summed E-state index contributed by atoms with van der Waals surface area (Å²) >= 11 is 7.00. The monoisotopic (exact) mass is 403 g/mol. The molecule has 0 atom stereocenters. The molecule has 0 radical (unpaired) electrons. The summed E-state index contributed by atoms with van der Waals surface area (Å²) in [5.41, 5.74) is 6.70. The van der Waals surface area contributed by atoms with Gasteiger partial charge in [0.2, 0.25) is 5.89 Å². The third kappa shape index (κ3) is 3.80. The van der Waals surface area contributed by atoms with Gasteiger partial charge in [-0.2, -0.15) is 0 Å². The lowest BCUT2D eigenvalue weighted by atomic mass is 10.1. The lowest BCUT2D eigenvalue weighted by molar-refractivity contribution is 0.256. The predicted octanol–water partition coefficient (Wildman–Crippen LogP) is 3.24. The van der Waals surface area contributed by atoms with Crippen LogP contribution < -0.4 is 10.5 Å². The Labute approximate surface area is 134 Å². The number of aryl methyl sites for hydroxylation is 1. The second-order valence-corrected chi connectivity index (χ2v) is 5.87. The van der Waals surface area contributed by atoms with Crippen molar-refractivity contribution in [1.29, 1.82) is 0 Å². The molecule has 0 fully saturated rings. The average molecular weight is 405 g/mol. The summed E-state index contributed by atoms with van der Waals surface area (Å²) in [6, 6.07) is 4.00. The van der Waals surface area contributed by atoms with Gasteiger partial charge in [-0.3, -0.25) is 0 Å². The van der Waals surface area contributed by atoms with Gasteiger partial charge in [0.05, 0.1) is 8.95 Å². The van der Waals surface area contributed by atoms with E-state index < -0.39 is 0 Å². The van der Waals surface area contributed by atoms with E-state index in [2.05, 4.69) is 42.1 Å². The topological polar surface area (TPSA) is 74.2 Å². The maximum atomic E-state index is 5.72. The number of ether oxygens (including phenoxy) is 1. The molecule has 0 aliphatic rings. The summed E-state index contributed by atoms with van der Waals surface area (Å²) in [6.07, 6.45) is 1.54. The average Bonchev–Trinajstić information content (AvgIpc) is 2.86. The molecule has 0 aliphatic carbocycles. The summed E-state index contributed by atoms with van der Waals surface area (Å²) < 4.78 is 12.9. The predicted molar refractivity (Wildman–Crippen MR) is 82.6 cm³/mol. The highest BCUT2D eigenvalue weighted by molar-refractivity contribution is 9.11. The molecule has 0 saturated carbocycles. The molecule has 0 bridgehead atoms. The van der Waals surface area contributed by atoms with Crippen LogP contribution in [-0.4, -0.2) is 16.7 Å². The summed E-state index contributed by atoms with van der Waals surface area (Å²) in [6.45, 7) is 2.81. The number of rotatable bonds is 6. The van der Waals surface area contributed by atoms with Gasteiger partial charge < -0.3 is 14.9 Å². The summed E-state index contributed by atoms with van der Waals surface area (Å²) in [5, 5.41) is 7.82. The molecule has 1 heterocycles. The van der Waals surface area contributed by atoms with Crippen LogP contribution in [0.25, 0.3) is 0 Å². The minimum absolute atomic E-state index is 0.237. The zero-order chi connectivity index (χ0) is 14.5. The molecule has 5 nitrogen and oxygen atoms in total. The Bertz CT molecular complexity index is 564. The molecule has 1 aromatic carbocycles. The van der Waals surface area contributed by atoms with Gasteiger partial charge in [-0.25, -0.2) is 0 Å². The standard InChI is InChI=1S/C13H15Br2N3O2/c1-2-11-17-18-12(20-11)7-19-13-9(14)5-8(3-4-16)6-10(13)15/h5-6H,2-4,7,16H2,1H3. The first-order valence-electron chi connectivity index (χ1n) is 6.26. The van der Waals surface area contributed by atoms with E-state index in [0.717, 1.165) is 20.9 Å². The molecule has 0 spiro atoms. The van der Waals surface area contributed by atoms with Gasteiger partial charge in [-0.15, -0.1) is 10.2 Å². The zero-order valence-corrected chi connectivity index (χ0v) is 14.2. The molecule has 1 aromatic heterocycles. The number of hydrogen-bond donors (Lipinski definition) is 1. The molecule has 108 valence electrons. The first-order chi connectivity index (χ1) is 9.63. The summed E-state index contributed by atoms with van der Waals surface area (Å²) in [4.78, 5) is 0. The van der Waals surface area contributed by atoms with Crippen LogP contribution in [0.15, 0.2) is 25.5 Å². The third-order valence-corrected chi connectivity index (χ3v) is 3.82. The van der Waals surface area contributed by atoms with Gasteiger partial charge in [0, 0.05) is 6.42 Å². The molecule has 2 N–H and O–H groups in total.